The molecule has 0 heterocycles. The molecule has 0 aliphatic carbocycles. The Morgan fingerprint density at radius 2 is 2.00 bits per heavy atom. The van der Waals surface area contributed by atoms with Crippen molar-refractivity contribution in [1.29, 1.82) is 0 Å². The highest BCUT2D eigenvalue weighted by Gasteiger charge is 2.19. The molecule has 0 aliphatic rings. The summed E-state index contributed by atoms with van der Waals surface area (Å²) >= 11 is 3.93. The Bertz CT molecular complexity index is 396. The Labute approximate surface area is 111 Å². The van der Waals surface area contributed by atoms with Gasteiger partial charge in [0.1, 0.15) is 12.6 Å². The number of benzene rings is 1. The molecule has 0 saturated heterocycles. The molecule has 0 radical (unpaired) electrons. The van der Waals surface area contributed by atoms with Gasteiger partial charge in [0.2, 0.25) is 0 Å². The number of ether oxygens (including phenoxy) is 1. The second-order valence-electron chi connectivity index (χ2n) is 3.61. The largest absolute Gasteiger partial charge is 0.480 e. The van der Waals surface area contributed by atoms with Crippen LogP contribution in [0.2, 0.25) is 0 Å². The fraction of sp³-hybridized carbons (Fsp3) is 0.333. The third kappa shape index (κ3) is 5.09. The van der Waals surface area contributed by atoms with Crippen molar-refractivity contribution in [1.82, 2.24) is 5.32 Å². The maximum Gasteiger partial charge on any atom is 0.408 e. The first kappa shape index (κ1) is 14.4. The van der Waals surface area contributed by atoms with E-state index in [9.17, 15) is 9.59 Å². The molecule has 0 aliphatic heterocycles. The molecule has 0 unspecified atom stereocenters. The molecule has 6 heteroatoms. The first-order chi connectivity index (χ1) is 8.63. The van der Waals surface area contributed by atoms with Crippen molar-refractivity contribution in [3.63, 3.8) is 0 Å². The molecule has 18 heavy (non-hydrogen) atoms. The lowest BCUT2D eigenvalue weighted by Crippen LogP contribution is -2.41. The molecule has 0 aromatic heterocycles. The Morgan fingerprint density at radius 3 is 2.56 bits per heavy atom. The fourth-order valence-electron chi connectivity index (χ4n) is 1.29. The van der Waals surface area contributed by atoms with Crippen molar-refractivity contribution in [3.05, 3.63) is 35.9 Å². The number of thiol groups is 1. The number of amides is 1. The van der Waals surface area contributed by atoms with Crippen molar-refractivity contribution >= 4 is 24.7 Å². The van der Waals surface area contributed by atoms with E-state index in [0.717, 1.165) is 5.56 Å². The van der Waals surface area contributed by atoms with Crippen LogP contribution in [0, 0.1) is 0 Å². The summed E-state index contributed by atoms with van der Waals surface area (Å²) in [4.78, 5) is 22.2. The number of rotatable bonds is 6. The van der Waals surface area contributed by atoms with Crippen LogP contribution in [0.15, 0.2) is 30.3 Å². The normalized spacial score (nSPS) is 11.6. The van der Waals surface area contributed by atoms with Gasteiger partial charge in [-0.1, -0.05) is 30.3 Å². The van der Waals surface area contributed by atoms with Crippen molar-refractivity contribution in [2.75, 3.05) is 5.75 Å². The SMILES string of the molecule is O=C(N[C@H](CCS)C(=O)O)OCc1ccccc1. The van der Waals surface area contributed by atoms with Gasteiger partial charge in [0.15, 0.2) is 0 Å². The minimum Gasteiger partial charge on any atom is -0.480 e. The number of hydrogen-bond acceptors (Lipinski definition) is 4. The molecule has 1 atom stereocenters. The Kier molecular flexibility index (Phi) is 6.07. The molecular weight excluding hydrogens is 254 g/mol. The molecule has 1 rings (SSSR count). The number of alkyl carbamates (subject to hydrolysis) is 1. The van der Waals surface area contributed by atoms with Gasteiger partial charge in [0.25, 0.3) is 0 Å². The highest BCUT2D eigenvalue weighted by atomic mass is 32.1. The number of aliphatic carboxylic acids is 1. The molecule has 98 valence electrons. The van der Waals surface area contributed by atoms with Gasteiger partial charge >= 0.3 is 12.1 Å². The molecular formula is C12H15NO4S. The Hall–Kier alpha value is -1.69. The van der Waals surface area contributed by atoms with Crippen LogP contribution >= 0.6 is 12.6 Å². The van der Waals surface area contributed by atoms with Gasteiger partial charge in [0.05, 0.1) is 0 Å². The van der Waals surface area contributed by atoms with Gasteiger partial charge in [0, 0.05) is 0 Å². The average Bonchev–Trinajstić information content (AvgIpc) is 2.37. The highest BCUT2D eigenvalue weighted by Crippen LogP contribution is 2.01. The second kappa shape index (κ2) is 7.60. The van der Waals surface area contributed by atoms with Crippen LogP contribution in [0.3, 0.4) is 0 Å². The van der Waals surface area contributed by atoms with Crippen LogP contribution in [-0.2, 0) is 16.1 Å². The maximum absolute atomic E-state index is 11.4. The average molecular weight is 269 g/mol. The van der Waals surface area contributed by atoms with E-state index in [2.05, 4.69) is 17.9 Å². The zero-order chi connectivity index (χ0) is 13.4. The zero-order valence-electron chi connectivity index (χ0n) is 9.70. The van der Waals surface area contributed by atoms with Gasteiger partial charge in [-0.05, 0) is 17.7 Å². The van der Waals surface area contributed by atoms with Gasteiger partial charge < -0.3 is 15.2 Å². The zero-order valence-corrected chi connectivity index (χ0v) is 10.6. The summed E-state index contributed by atoms with van der Waals surface area (Å²) in [6.07, 6.45) is -0.494. The molecule has 0 fully saturated rings. The van der Waals surface area contributed by atoms with Crippen LogP contribution in [0.5, 0.6) is 0 Å². The van der Waals surface area contributed by atoms with E-state index >= 15 is 0 Å². The standard InChI is InChI=1S/C12H15NO4S/c14-11(15)10(6-7-18)13-12(16)17-8-9-4-2-1-3-5-9/h1-5,10,18H,6-8H2,(H,13,16)(H,14,15)/t10-/m1/s1. The summed E-state index contributed by atoms with van der Waals surface area (Å²) in [6.45, 7) is 0.111. The van der Waals surface area contributed by atoms with Gasteiger partial charge in [-0.25, -0.2) is 9.59 Å². The van der Waals surface area contributed by atoms with E-state index < -0.39 is 18.1 Å². The molecule has 0 bridgehead atoms. The summed E-state index contributed by atoms with van der Waals surface area (Å²) < 4.78 is 4.92. The molecule has 5 nitrogen and oxygen atoms in total. The van der Waals surface area contributed by atoms with E-state index in [-0.39, 0.29) is 13.0 Å². The lowest BCUT2D eigenvalue weighted by molar-refractivity contribution is -0.139. The molecule has 1 amide bonds. The summed E-state index contributed by atoms with van der Waals surface area (Å²) in [7, 11) is 0. The summed E-state index contributed by atoms with van der Waals surface area (Å²) in [5.74, 6) is -0.726. The van der Waals surface area contributed by atoms with Gasteiger partial charge in [-0.2, -0.15) is 12.6 Å². The lowest BCUT2D eigenvalue weighted by atomic mass is 10.2. The molecule has 1 aromatic carbocycles. The van der Waals surface area contributed by atoms with E-state index in [1.165, 1.54) is 0 Å². The topological polar surface area (TPSA) is 75.6 Å². The Morgan fingerprint density at radius 1 is 1.33 bits per heavy atom. The number of nitrogens with one attached hydrogen (secondary N) is 1. The summed E-state index contributed by atoms with van der Waals surface area (Å²) in [6, 6.07) is 8.18. The molecule has 0 saturated carbocycles. The lowest BCUT2D eigenvalue weighted by Gasteiger charge is -2.13. The summed E-state index contributed by atoms with van der Waals surface area (Å²) in [5.41, 5.74) is 0.841. The monoisotopic (exact) mass is 269 g/mol. The quantitative estimate of drug-likeness (QED) is 0.687. The van der Waals surface area contributed by atoms with Crippen molar-refractivity contribution in [2.45, 2.75) is 19.1 Å². The van der Waals surface area contributed by atoms with E-state index in [1.54, 1.807) is 0 Å². The fourth-order valence-corrected chi connectivity index (χ4v) is 1.55. The minimum atomic E-state index is -1.10. The van der Waals surface area contributed by atoms with Gasteiger partial charge in [-0.15, -0.1) is 0 Å². The predicted octanol–water partition coefficient (Wildman–Crippen LogP) is 1.69. The first-order valence-corrected chi connectivity index (χ1v) is 6.07. The van der Waals surface area contributed by atoms with E-state index in [0.29, 0.717) is 5.75 Å². The Balaban J connectivity index is 2.39. The highest BCUT2D eigenvalue weighted by molar-refractivity contribution is 7.80. The number of carbonyl (C=O) groups excluding carboxylic acids is 1. The van der Waals surface area contributed by atoms with Crippen molar-refractivity contribution in [3.8, 4) is 0 Å². The van der Waals surface area contributed by atoms with Crippen LogP contribution < -0.4 is 5.32 Å². The molecule has 0 spiro atoms. The maximum atomic E-state index is 11.4. The second-order valence-corrected chi connectivity index (χ2v) is 4.06. The first-order valence-electron chi connectivity index (χ1n) is 5.44. The van der Waals surface area contributed by atoms with Crippen LogP contribution in [0.1, 0.15) is 12.0 Å². The minimum absolute atomic E-state index is 0.111. The third-order valence-electron chi connectivity index (χ3n) is 2.22. The molecule has 1 aromatic rings. The van der Waals surface area contributed by atoms with Crippen molar-refractivity contribution in [2.24, 2.45) is 0 Å². The van der Waals surface area contributed by atoms with Gasteiger partial charge in [-0.3, -0.25) is 0 Å². The van der Waals surface area contributed by atoms with Crippen molar-refractivity contribution < 1.29 is 19.4 Å². The number of carboxylic acids is 1. The smallest absolute Gasteiger partial charge is 0.408 e. The van der Waals surface area contributed by atoms with Crippen LogP contribution in [0.25, 0.3) is 0 Å². The number of carboxylic acid groups (broad SMARTS) is 1. The number of carbonyl (C=O) groups is 2. The van der Waals surface area contributed by atoms with E-state index in [1.807, 2.05) is 30.3 Å². The van der Waals surface area contributed by atoms with Crippen LogP contribution in [-0.4, -0.2) is 29.0 Å². The third-order valence-corrected chi connectivity index (χ3v) is 2.48. The summed E-state index contributed by atoms with van der Waals surface area (Å²) in [5, 5.41) is 11.1. The van der Waals surface area contributed by atoms with Crippen LogP contribution in [0.4, 0.5) is 4.79 Å². The van der Waals surface area contributed by atoms with E-state index in [4.69, 9.17) is 9.84 Å². The predicted molar refractivity (Wildman–Crippen MR) is 69.7 cm³/mol. The number of hydrogen-bond donors (Lipinski definition) is 3. The molecule has 2 N–H and O–H groups in total.